The van der Waals surface area contributed by atoms with Gasteiger partial charge in [0.2, 0.25) is 0 Å². The van der Waals surface area contributed by atoms with Crippen LogP contribution in [0, 0.1) is 11.2 Å². The van der Waals surface area contributed by atoms with Gasteiger partial charge in [0.15, 0.2) is 11.6 Å². The molecular weight excluding hydrogens is 403 g/mol. The second-order valence-corrected chi connectivity index (χ2v) is 8.40. The van der Waals surface area contributed by atoms with E-state index >= 15 is 0 Å². The van der Waals surface area contributed by atoms with E-state index in [1.807, 2.05) is 0 Å². The van der Waals surface area contributed by atoms with Gasteiger partial charge in [0.05, 0.1) is 16.6 Å². The first-order valence-electron chi connectivity index (χ1n) is 9.62. The van der Waals surface area contributed by atoms with Crippen molar-refractivity contribution in [1.82, 2.24) is 9.55 Å². The van der Waals surface area contributed by atoms with Crippen LogP contribution in [-0.2, 0) is 9.59 Å². The fraction of sp³-hybridized carbons (Fsp3) is 0.217. The van der Waals surface area contributed by atoms with Crippen molar-refractivity contribution in [3.8, 4) is 5.69 Å². The lowest BCUT2D eigenvalue weighted by Gasteiger charge is -2.28. The van der Waals surface area contributed by atoms with Crippen molar-refractivity contribution < 1.29 is 19.1 Å². The average Bonchev–Trinajstić information content (AvgIpc) is 2.66. The number of rotatable bonds is 2. The molecule has 31 heavy (non-hydrogen) atoms. The Morgan fingerprint density at radius 1 is 1.03 bits per heavy atom. The minimum atomic E-state index is -0.752. The number of carbonyl (C=O) groups excluding carboxylic acids is 2. The number of benzene rings is 2. The van der Waals surface area contributed by atoms with E-state index in [4.69, 9.17) is 0 Å². The van der Waals surface area contributed by atoms with E-state index in [1.165, 1.54) is 36.4 Å². The summed E-state index contributed by atoms with van der Waals surface area (Å²) in [6.07, 6.45) is 0.233. The third-order valence-electron chi connectivity index (χ3n) is 5.31. The first-order valence-corrected chi connectivity index (χ1v) is 9.62. The molecule has 0 bridgehead atoms. The summed E-state index contributed by atoms with van der Waals surface area (Å²) in [6.45, 7) is 3.61. The molecule has 1 saturated carbocycles. The molecule has 0 spiro atoms. The van der Waals surface area contributed by atoms with Crippen molar-refractivity contribution in [2.45, 2.75) is 26.7 Å². The van der Waals surface area contributed by atoms with E-state index in [1.54, 1.807) is 13.8 Å². The number of ketones is 2. The third kappa shape index (κ3) is 3.61. The molecule has 0 radical (unpaired) electrons. The van der Waals surface area contributed by atoms with Crippen LogP contribution in [0.3, 0.4) is 0 Å². The molecule has 1 heterocycles. The van der Waals surface area contributed by atoms with Gasteiger partial charge < -0.3 is 10.1 Å². The molecule has 3 aromatic rings. The minimum absolute atomic E-state index is 0.0320. The van der Waals surface area contributed by atoms with Crippen LogP contribution in [0.1, 0.15) is 32.3 Å². The standard InChI is InChI=1S/C23H19FN2O5/c1-23(2)10-17(27)19(18(28)11-23)20(29)12-6-7-16-15(8-12)21(30)26(22(31)25-16)14-5-3-4-13(24)9-14/h3-9,29H,10-11H2,1-2H3,(H,25,31). The van der Waals surface area contributed by atoms with Gasteiger partial charge in [-0.2, -0.15) is 0 Å². The minimum Gasteiger partial charge on any atom is -0.506 e. The molecule has 4 rings (SSSR count). The second kappa shape index (κ2) is 7.16. The number of halogens is 1. The number of fused-ring (bicyclic) bond motifs is 1. The molecule has 8 heteroatoms. The van der Waals surface area contributed by atoms with Crippen LogP contribution < -0.4 is 11.2 Å². The van der Waals surface area contributed by atoms with E-state index in [0.717, 1.165) is 10.6 Å². The fourth-order valence-corrected chi connectivity index (χ4v) is 3.88. The highest BCUT2D eigenvalue weighted by Crippen LogP contribution is 2.36. The molecule has 1 fully saturated rings. The monoisotopic (exact) mass is 422 g/mol. The number of allylic oxidation sites excluding steroid dienone is 1. The summed E-state index contributed by atoms with van der Waals surface area (Å²) in [5.41, 5.74) is -1.91. The zero-order valence-corrected chi connectivity index (χ0v) is 16.9. The quantitative estimate of drug-likeness (QED) is 0.375. The molecule has 0 saturated heterocycles. The topological polar surface area (TPSA) is 109 Å². The Bertz CT molecular complexity index is 1390. The normalized spacial score (nSPS) is 16.0. The SMILES string of the molecule is CC1(C)CC(=O)C(=C(O)c2ccc3[nH]c(=O)n(-c4cccc(F)c4)c(=O)c3c2)C(=O)C1. The van der Waals surface area contributed by atoms with Crippen LogP contribution in [0.5, 0.6) is 0 Å². The molecule has 1 aromatic heterocycles. The maximum absolute atomic E-state index is 13.6. The first kappa shape index (κ1) is 20.5. The number of aromatic nitrogens is 2. The summed E-state index contributed by atoms with van der Waals surface area (Å²) in [7, 11) is 0. The van der Waals surface area contributed by atoms with Crippen molar-refractivity contribution in [1.29, 1.82) is 0 Å². The van der Waals surface area contributed by atoms with Gasteiger partial charge >= 0.3 is 5.69 Å². The summed E-state index contributed by atoms with van der Waals surface area (Å²) < 4.78 is 14.4. The van der Waals surface area contributed by atoms with E-state index in [9.17, 15) is 28.7 Å². The van der Waals surface area contributed by atoms with Crippen molar-refractivity contribution in [3.63, 3.8) is 0 Å². The van der Waals surface area contributed by atoms with Crippen LogP contribution in [0.15, 0.2) is 57.6 Å². The van der Waals surface area contributed by atoms with Crippen molar-refractivity contribution in [2.75, 3.05) is 0 Å². The smallest absolute Gasteiger partial charge is 0.333 e. The number of hydrogen-bond acceptors (Lipinski definition) is 5. The molecule has 0 atom stereocenters. The van der Waals surface area contributed by atoms with Gasteiger partial charge in [-0.15, -0.1) is 0 Å². The van der Waals surface area contributed by atoms with Gasteiger partial charge in [-0.05, 0) is 41.8 Å². The van der Waals surface area contributed by atoms with E-state index < -0.39 is 39.8 Å². The van der Waals surface area contributed by atoms with Crippen molar-refractivity contribution >= 4 is 28.2 Å². The molecule has 1 aliphatic rings. The Balaban J connectivity index is 1.91. The molecule has 1 aliphatic carbocycles. The maximum Gasteiger partial charge on any atom is 0.333 e. The number of carbonyl (C=O) groups is 2. The number of hydrogen-bond donors (Lipinski definition) is 2. The molecule has 2 N–H and O–H groups in total. The number of nitrogens with one attached hydrogen (secondary N) is 1. The Labute approximate surface area is 175 Å². The Kier molecular flexibility index (Phi) is 4.72. The summed E-state index contributed by atoms with van der Waals surface area (Å²) in [5, 5.41) is 10.7. The molecule has 158 valence electrons. The lowest BCUT2D eigenvalue weighted by molar-refractivity contribution is -0.127. The molecule has 0 amide bonds. The van der Waals surface area contributed by atoms with Crippen LogP contribution >= 0.6 is 0 Å². The number of aliphatic hydroxyl groups is 1. The van der Waals surface area contributed by atoms with Crippen molar-refractivity contribution in [2.24, 2.45) is 5.41 Å². The van der Waals surface area contributed by atoms with E-state index in [-0.39, 0.29) is 40.6 Å². The lowest BCUT2D eigenvalue weighted by atomic mass is 9.73. The van der Waals surface area contributed by atoms with Gasteiger partial charge in [0, 0.05) is 18.4 Å². The van der Waals surface area contributed by atoms with Gasteiger partial charge in [-0.3, -0.25) is 14.4 Å². The predicted molar refractivity (Wildman–Crippen MR) is 113 cm³/mol. The van der Waals surface area contributed by atoms with Gasteiger partial charge in [-0.1, -0.05) is 19.9 Å². The van der Waals surface area contributed by atoms with Crippen LogP contribution in [-0.4, -0.2) is 26.2 Å². The molecule has 2 aromatic carbocycles. The van der Waals surface area contributed by atoms with Crippen LogP contribution in [0.2, 0.25) is 0 Å². The zero-order valence-electron chi connectivity index (χ0n) is 16.9. The largest absolute Gasteiger partial charge is 0.506 e. The maximum atomic E-state index is 13.6. The number of Topliss-reactive ketones (excluding diaryl/α,β-unsaturated/α-hetero) is 2. The predicted octanol–water partition coefficient (Wildman–Crippen LogP) is 3.05. The van der Waals surface area contributed by atoms with Gasteiger partial charge in [0.25, 0.3) is 5.56 Å². The number of nitrogens with zero attached hydrogens (tertiary/aromatic N) is 1. The van der Waals surface area contributed by atoms with Crippen LogP contribution in [0.4, 0.5) is 4.39 Å². The zero-order chi connectivity index (χ0) is 22.5. The number of aromatic amines is 1. The average molecular weight is 422 g/mol. The van der Waals surface area contributed by atoms with E-state index in [2.05, 4.69) is 4.98 Å². The fourth-order valence-electron chi connectivity index (χ4n) is 3.88. The molecular formula is C23H19FN2O5. The number of H-pyrrole nitrogens is 1. The highest BCUT2D eigenvalue weighted by molar-refractivity contribution is 6.26. The van der Waals surface area contributed by atoms with E-state index in [0.29, 0.717) is 0 Å². The molecule has 0 unspecified atom stereocenters. The highest BCUT2D eigenvalue weighted by atomic mass is 19.1. The summed E-state index contributed by atoms with van der Waals surface area (Å²) >= 11 is 0. The molecule has 0 aliphatic heterocycles. The Hall–Kier alpha value is -3.81. The summed E-state index contributed by atoms with van der Waals surface area (Å²) in [5.74, 6) is -2.04. The van der Waals surface area contributed by atoms with Gasteiger partial charge in [0.1, 0.15) is 17.1 Å². The van der Waals surface area contributed by atoms with Gasteiger partial charge in [-0.25, -0.2) is 13.8 Å². The second-order valence-electron chi connectivity index (χ2n) is 8.40. The lowest BCUT2D eigenvalue weighted by Crippen LogP contribution is -2.33. The summed E-state index contributed by atoms with van der Waals surface area (Å²) in [4.78, 5) is 53.0. The van der Waals surface area contributed by atoms with Crippen LogP contribution in [0.25, 0.3) is 22.3 Å². The highest BCUT2D eigenvalue weighted by Gasteiger charge is 2.37. The number of aliphatic hydroxyl groups excluding tert-OH is 1. The first-order chi connectivity index (χ1) is 14.6. The molecule has 7 nitrogen and oxygen atoms in total. The third-order valence-corrected chi connectivity index (χ3v) is 5.31. The Morgan fingerprint density at radius 2 is 1.71 bits per heavy atom. The van der Waals surface area contributed by atoms with Crippen molar-refractivity contribution in [3.05, 3.63) is 80.3 Å². The summed E-state index contributed by atoms with van der Waals surface area (Å²) in [6, 6.07) is 9.13. The Morgan fingerprint density at radius 3 is 2.35 bits per heavy atom.